The normalized spacial score (nSPS) is 10.8. The van der Waals surface area contributed by atoms with Gasteiger partial charge in [-0.2, -0.15) is 0 Å². The molecule has 0 aliphatic rings. The van der Waals surface area contributed by atoms with Gasteiger partial charge in [0.1, 0.15) is 5.69 Å². The molecule has 0 atom stereocenters. The Hall–Kier alpha value is -1.85. The standard InChI is InChI=1S/C17H15BrN2OS/c1-2-8-20-14(9-15-16(20)13(18)11-22-15)17(21)19-10-12-6-4-3-5-7-12/h2-7,9,11H,1,8,10H2,(H,19,21). The number of carbonyl (C=O) groups is 1. The summed E-state index contributed by atoms with van der Waals surface area (Å²) in [5.41, 5.74) is 2.80. The fourth-order valence-corrected chi connectivity index (χ4v) is 4.10. The van der Waals surface area contributed by atoms with E-state index >= 15 is 0 Å². The molecular formula is C17H15BrN2OS. The zero-order chi connectivity index (χ0) is 15.5. The second kappa shape index (κ2) is 6.50. The molecule has 0 radical (unpaired) electrons. The summed E-state index contributed by atoms with van der Waals surface area (Å²) < 4.78 is 4.10. The first-order valence-corrected chi connectivity index (χ1v) is 8.57. The van der Waals surface area contributed by atoms with Crippen LogP contribution in [0.15, 0.2) is 58.9 Å². The fourth-order valence-electron chi connectivity index (χ4n) is 2.41. The van der Waals surface area contributed by atoms with Gasteiger partial charge >= 0.3 is 0 Å². The molecule has 0 fully saturated rings. The molecule has 3 aromatic rings. The number of hydrogen-bond donors (Lipinski definition) is 1. The monoisotopic (exact) mass is 374 g/mol. The fraction of sp³-hybridized carbons (Fsp3) is 0.118. The molecule has 22 heavy (non-hydrogen) atoms. The Morgan fingerprint density at radius 1 is 1.36 bits per heavy atom. The van der Waals surface area contributed by atoms with Gasteiger partial charge in [-0.3, -0.25) is 4.79 Å². The Labute approximate surface area is 141 Å². The van der Waals surface area contributed by atoms with Crippen LogP contribution in [0.3, 0.4) is 0 Å². The van der Waals surface area contributed by atoms with Crippen LogP contribution < -0.4 is 5.32 Å². The van der Waals surface area contributed by atoms with E-state index in [1.54, 1.807) is 17.4 Å². The first-order valence-electron chi connectivity index (χ1n) is 6.90. The predicted octanol–water partition coefficient (Wildman–Crippen LogP) is 4.58. The number of benzene rings is 1. The zero-order valence-electron chi connectivity index (χ0n) is 11.9. The lowest BCUT2D eigenvalue weighted by atomic mass is 10.2. The first-order chi connectivity index (χ1) is 10.7. The zero-order valence-corrected chi connectivity index (χ0v) is 14.3. The first kappa shape index (κ1) is 15.1. The molecule has 2 heterocycles. The summed E-state index contributed by atoms with van der Waals surface area (Å²) in [6.45, 7) is 4.91. The maximum absolute atomic E-state index is 12.5. The number of fused-ring (bicyclic) bond motifs is 1. The molecule has 0 bridgehead atoms. The van der Waals surface area contributed by atoms with Crippen LogP contribution in [0.4, 0.5) is 0 Å². The summed E-state index contributed by atoms with van der Waals surface area (Å²) in [6, 6.07) is 11.8. The Bertz CT molecular complexity index is 820. The maximum atomic E-state index is 12.5. The summed E-state index contributed by atoms with van der Waals surface area (Å²) in [7, 11) is 0. The van der Waals surface area contributed by atoms with Crippen LogP contribution in [0.1, 0.15) is 16.1 Å². The Morgan fingerprint density at radius 2 is 2.14 bits per heavy atom. The highest BCUT2D eigenvalue weighted by Gasteiger charge is 2.17. The number of hydrogen-bond acceptors (Lipinski definition) is 2. The van der Waals surface area contributed by atoms with E-state index in [4.69, 9.17) is 0 Å². The van der Waals surface area contributed by atoms with Crippen molar-refractivity contribution in [1.82, 2.24) is 9.88 Å². The highest BCUT2D eigenvalue weighted by molar-refractivity contribution is 9.10. The van der Waals surface area contributed by atoms with E-state index in [0.29, 0.717) is 18.8 Å². The second-order valence-electron chi connectivity index (χ2n) is 4.89. The van der Waals surface area contributed by atoms with E-state index < -0.39 is 0 Å². The Morgan fingerprint density at radius 3 is 2.86 bits per heavy atom. The molecular weight excluding hydrogens is 360 g/mol. The molecule has 1 amide bonds. The highest BCUT2D eigenvalue weighted by Crippen LogP contribution is 2.33. The minimum atomic E-state index is -0.0685. The number of thiophene rings is 1. The highest BCUT2D eigenvalue weighted by atomic mass is 79.9. The lowest BCUT2D eigenvalue weighted by Crippen LogP contribution is -2.25. The molecule has 0 unspecified atom stereocenters. The third-order valence-electron chi connectivity index (χ3n) is 3.42. The minimum Gasteiger partial charge on any atom is -0.347 e. The summed E-state index contributed by atoms with van der Waals surface area (Å²) in [5.74, 6) is -0.0685. The summed E-state index contributed by atoms with van der Waals surface area (Å²) in [6.07, 6.45) is 1.80. The molecule has 0 saturated carbocycles. The average Bonchev–Trinajstić information content (AvgIpc) is 3.07. The Balaban J connectivity index is 1.87. The molecule has 5 heteroatoms. The van der Waals surface area contributed by atoms with Gasteiger partial charge < -0.3 is 9.88 Å². The SMILES string of the molecule is C=CCn1c(C(=O)NCc2ccccc2)cc2scc(Br)c21. The van der Waals surface area contributed by atoms with E-state index in [1.165, 1.54) is 0 Å². The number of amides is 1. The van der Waals surface area contributed by atoms with Gasteiger partial charge in [-0.1, -0.05) is 36.4 Å². The van der Waals surface area contributed by atoms with Crippen LogP contribution >= 0.6 is 27.3 Å². The van der Waals surface area contributed by atoms with Crippen molar-refractivity contribution in [1.29, 1.82) is 0 Å². The molecule has 3 rings (SSSR count). The molecule has 2 aromatic heterocycles. The van der Waals surface area contributed by atoms with Gasteiger partial charge in [0, 0.05) is 18.5 Å². The van der Waals surface area contributed by atoms with Crippen LogP contribution in [0.2, 0.25) is 0 Å². The number of aromatic nitrogens is 1. The summed E-state index contributed by atoms with van der Waals surface area (Å²) in [5, 5.41) is 5.02. The lowest BCUT2D eigenvalue weighted by Gasteiger charge is -2.09. The van der Waals surface area contributed by atoms with Gasteiger partial charge in [0.05, 0.1) is 14.7 Å². The van der Waals surface area contributed by atoms with Crippen LogP contribution in [-0.4, -0.2) is 10.5 Å². The molecule has 0 spiro atoms. The number of halogens is 1. The van der Waals surface area contributed by atoms with E-state index in [-0.39, 0.29) is 5.91 Å². The maximum Gasteiger partial charge on any atom is 0.268 e. The van der Waals surface area contributed by atoms with Crippen LogP contribution in [0, 0.1) is 0 Å². The van der Waals surface area contributed by atoms with Crippen molar-refractivity contribution in [3.63, 3.8) is 0 Å². The van der Waals surface area contributed by atoms with Gasteiger partial charge in [0.25, 0.3) is 5.91 Å². The van der Waals surface area contributed by atoms with Gasteiger partial charge in [-0.25, -0.2) is 0 Å². The van der Waals surface area contributed by atoms with E-state index in [2.05, 4.69) is 27.8 Å². The van der Waals surface area contributed by atoms with E-state index in [0.717, 1.165) is 20.3 Å². The number of nitrogens with one attached hydrogen (secondary N) is 1. The van der Waals surface area contributed by atoms with Crippen molar-refractivity contribution >= 4 is 43.4 Å². The largest absolute Gasteiger partial charge is 0.347 e. The van der Waals surface area contributed by atoms with Crippen molar-refractivity contribution in [3.05, 3.63) is 70.2 Å². The summed E-state index contributed by atoms with van der Waals surface area (Å²) >= 11 is 5.17. The number of carbonyl (C=O) groups excluding carboxylic acids is 1. The second-order valence-corrected chi connectivity index (χ2v) is 6.66. The van der Waals surface area contributed by atoms with Crippen molar-refractivity contribution in [2.45, 2.75) is 13.1 Å². The van der Waals surface area contributed by atoms with Gasteiger partial charge in [-0.05, 0) is 27.6 Å². The Kier molecular flexibility index (Phi) is 4.45. The number of nitrogens with zero attached hydrogens (tertiary/aromatic N) is 1. The van der Waals surface area contributed by atoms with E-state index in [9.17, 15) is 4.79 Å². The van der Waals surface area contributed by atoms with Crippen LogP contribution in [-0.2, 0) is 13.1 Å². The van der Waals surface area contributed by atoms with Crippen molar-refractivity contribution in [3.8, 4) is 0 Å². The molecule has 0 aliphatic carbocycles. The lowest BCUT2D eigenvalue weighted by molar-refractivity contribution is 0.0942. The van der Waals surface area contributed by atoms with Gasteiger partial charge in [0.2, 0.25) is 0 Å². The summed E-state index contributed by atoms with van der Waals surface area (Å²) in [4.78, 5) is 12.5. The van der Waals surface area contributed by atoms with Gasteiger partial charge in [-0.15, -0.1) is 17.9 Å². The van der Waals surface area contributed by atoms with Crippen LogP contribution in [0.5, 0.6) is 0 Å². The third kappa shape index (κ3) is 2.87. The molecule has 0 saturated heterocycles. The molecule has 112 valence electrons. The average molecular weight is 375 g/mol. The van der Waals surface area contributed by atoms with E-state index in [1.807, 2.05) is 46.3 Å². The number of rotatable bonds is 5. The van der Waals surface area contributed by atoms with Crippen LogP contribution in [0.25, 0.3) is 10.2 Å². The van der Waals surface area contributed by atoms with Crippen molar-refractivity contribution in [2.24, 2.45) is 0 Å². The molecule has 3 nitrogen and oxygen atoms in total. The smallest absolute Gasteiger partial charge is 0.268 e. The minimum absolute atomic E-state index is 0.0685. The predicted molar refractivity (Wildman–Crippen MR) is 95.3 cm³/mol. The topological polar surface area (TPSA) is 34.0 Å². The molecule has 1 N–H and O–H groups in total. The number of allylic oxidation sites excluding steroid dienone is 1. The van der Waals surface area contributed by atoms with Gasteiger partial charge in [0.15, 0.2) is 0 Å². The quantitative estimate of drug-likeness (QED) is 0.651. The van der Waals surface area contributed by atoms with Crippen molar-refractivity contribution in [2.75, 3.05) is 0 Å². The molecule has 1 aromatic carbocycles. The third-order valence-corrected chi connectivity index (χ3v) is 5.24. The van der Waals surface area contributed by atoms with Crippen molar-refractivity contribution < 1.29 is 4.79 Å². The molecule has 0 aliphatic heterocycles.